The fourth-order valence-corrected chi connectivity index (χ4v) is 6.30. The molecule has 2 aliphatic rings. The third-order valence-electron chi connectivity index (χ3n) is 6.66. The van der Waals surface area contributed by atoms with E-state index in [9.17, 15) is 9.59 Å². The summed E-state index contributed by atoms with van der Waals surface area (Å²) < 4.78 is 7.33. The minimum Gasteiger partial charge on any atom is -0.380 e. The van der Waals surface area contributed by atoms with Crippen molar-refractivity contribution < 1.29 is 14.3 Å². The Morgan fingerprint density at radius 2 is 2.05 bits per heavy atom. The maximum Gasteiger partial charge on any atom is 0.253 e. The second kappa shape index (κ2) is 10.3. The molecule has 9 nitrogen and oxygen atoms in total. The van der Waals surface area contributed by atoms with E-state index in [2.05, 4.69) is 15.3 Å². The number of benzene rings is 1. The number of carbonyl (C=O) groups is 2. The molecule has 1 aromatic carbocycles. The van der Waals surface area contributed by atoms with Gasteiger partial charge in [-0.2, -0.15) is 5.10 Å². The molecule has 6 rings (SSSR count). The molecule has 2 amide bonds. The van der Waals surface area contributed by atoms with Crippen molar-refractivity contribution in [2.75, 3.05) is 31.6 Å². The number of ether oxygens (including phenoxy) is 1. The van der Waals surface area contributed by atoms with Crippen molar-refractivity contribution >= 4 is 39.9 Å². The van der Waals surface area contributed by atoms with Crippen LogP contribution in [0.5, 0.6) is 0 Å². The Morgan fingerprint density at radius 1 is 1.16 bits per heavy atom. The van der Waals surface area contributed by atoms with Gasteiger partial charge in [0.25, 0.3) is 5.91 Å². The second-order valence-electron chi connectivity index (χ2n) is 9.23. The average Bonchev–Trinajstić information content (AvgIpc) is 3.38. The summed E-state index contributed by atoms with van der Waals surface area (Å²) in [6.45, 7) is 3.88. The predicted octanol–water partition coefficient (Wildman–Crippen LogP) is 4.63. The maximum absolute atomic E-state index is 13.2. The Hall–Kier alpha value is -3.60. The predicted molar refractivity (Wildman–Crippen MR) is 146 cm³/mol. The Labute approximate surface area is 228 Å². The number of halogens is 1. The van der Waals surface area contributed by atoms with E-state index in [-0.39, 0.29) is 11.8 Å². The Kier molecular flexibility index (Phi) is 6.69. The third kappa shape index (κ3) is 4.59. The summed E-state index contributed by atoms with van der Waals surface area (Å²) in [6.07, 6.45) is 5.81. The summed E-state index contributed by atoms with van der Waals surface area (Å²) >= 11 is 8.26. The highest BCUT2D eigenvalue weighted by atomic mass is 35.5. The monoisotopic (exact) mass is 548 g/mol. The third-order valence-corrected chi connectivity index (χ3v) is 7.98. The van der Waals surface area contributed by atoms with Crippen LogP contribution in [0, 0.1) is 0 Å². The van der Waals surface area contributed by atoms with E-state index in [1.807, 2.05) is 27.8 Å². The molecule has 194 valence electrons. The van der Waals surface area contributed by atoms with Gasteiger partial charge >= 0.3 is 0 Å². The van der Waals surface area contributed by atoms with Crippen LogP contribution in [0.15, 0.2) is 42.7 Å². The minimum absolute atomic E-state index is 0.0628. The summed E-state index contributed by atoms with van der Waals surface area (Å²) in [6, 6.07) is 9.22. The highest BCUT2D eigenvalue weighted by Crippen LogP contribution is 2.44. The molecule has 1 N–H and O–H groups in total. The first-order valence-electron chi connectivity index (χ1n) is 12.5. The van der Waals surface area contributed by atoms with E-state index in [4.69, 9.17) is 21.4 Å². The molecule has 1 fully saturated rings. The molecule has 0 saturated carbocycles. The first-order chi connectivity index (χ1) is 18.5. The molecule has 0 bridgehead atoms. The summed E-state index contributed by atoms with van der Waals surface area (Å²) in [5.41, 5.74) is 5.81. The largest absolute Gasteiger partial charge is 0.380 e. The number of hydrogen-bond acceptors (Lipinski definition) is 7. The van der Waals surface area contributed by atoms with Crippen molar-refractivity contribution in [2.24, 2.45) is 0 Å². The van der Waals surface area contributed by atoms with Crippen LogP contribution in [0.2, 0.25) is 5.02 Å². The number of pyridine rings is 1. The van der Waals surface area contributed by atoms with Crippen LogP contribution in [-0.4, -0.2) is 62.8 Å². The lowest BCUT2D eigenvalue weighted by atomic mass is 9.95. The lowest BCUT2D eigenvalue weighted by Gasteiger charge is -2.20. The lowest BCUT2D eigenvalue weighted by Crippen LogP contribution is -2.33. The normalized spacial score (nSPS) is 14.9. The number of aromatic nitrogens is 4. The van der Waals surface area contributed by atoms with E-state index < -0.39 is 0 Å². The number of aryl methyl sites for hydroxylation is 1. The fourth-order valence-electron chi connectivity index (χ4n) is 4.93. The van der Waals surface area contributed by atoms with Gasteiger partial charge in [0.05, 0.1) is 39.3 Å². The number of rotatable bonds is 4. The van der Waals surface area contributed by atoms with Gasteiger partial charge in [-0.25, -0.2) is 9.67 Å². The van der Waals surface area contributed by atoms with E-state index in [1.165, 1.54) is 18.3 Å². The van der Waals surface area contributed by atoms with Crippen LogP contribution in [0.4, 0.5) is 5.13 Å². The van der Waals surface area contributed by atoms with Crippen molar-refractivity contribution in [1.29, 1.82) is 0 Å². The molecule has 4 aromatic rings. The molecular formula is C27H25ClN6O3S. The number of amides is 2. The van der Waals surface area contributed by atoms with Gasteiger partial charge in [0.15, 0.2) is 5.13 Å². The van der Waals surface area contributed by atoms with Gasteiger partial charge in [-0.15, -0.1) is 0 Å². The maximum atomic E-state index is 13.2. The van der Waals surface area contributed by atoms with Crippen LogP contribution in [0.1, 0.15) is 35.0 Å². The van der Waals surface area contributed by atoms with Crippen molar-refractivity contribution in [3.05, 3.63) is 64.6 Å². The number of fused-ring (bicyclic) bond motifs is 3. The van der Waals surface area contributed by atoms with E-state index >= 15 is 0 Å². The van der Waals surface area contributed by atoms with Gasteiger partial charge in [-0.05, 0) is 49.6 Å². The molecule has 0 unspecified atom stereocenters. The second-order valence-corrected chi connectivity index (χ2v) is 10.6. The minimum atomic E-state index is -0.167. The van der Waals surface area contributed by atoms with Gasteiger partial charge in [-0.3, -0.25) is 14.6 Å². The number of thiazole rings is 1. The molecule has 1 aliphatic heterocycles. The van der Waals surface area contributed by atoms with Gasteiger partial charge in [0.1, 0.15) is 0 Å². The first-order valence-corrected chi connectivity index (χ1v) is 13.7. The molecule has 0 atom stereocenters. The quantitative estimate of drug-likeness (QED) is 0.399. The molecule has 4 heterocycles. The van der Waals surface area contributed by atoms with Crippen molar-refractivity contribution in [1.82, 2.24) is 24.6 Å². The zero-order valence-electron chi connectivity index (χ0n) is 20.7. The SMILES string of the molecule is CC(=O)Nc1nc2c(s1)-c1c(c(-c3cccnc3)nn1-c1ccc(C(=O)N3CCCOCC3)cc1Cl)CC2. The highest BCUT2D eigenvalue weighted by Gasteiger charge is 2.31. The van der Waals surface area contributed by atoms with Gasteiger partial charge < -0.3 is 15.0 Å². The van der Waals surface area contributed by atoms with Crippen LogP contribution >= 0.6 is 22.9 Å². The van der Waals surface area contributed by atoms with Crippen molar-refractivity contribution in [3.63, 3.8) is 0 Å². The van der Waals surface area contributed by atoms with Crippen molar-refractivity contribution in [2.45, 2.75) is 26.2 Å². The fraction of sp³-hybridized carbons (Fsp3) is 0.296. The molecule has 11 heteroatoms. The van der Waals surface area contributed by atoms with E-state index in [0.29, 0.717) is 47.7 Å². The summed E-state index contributed by atoms with van der Waals surface area (Å²) in [4.78, 5) is 36.6. The molecular weight excluding hydrogens is 524 g/mol. The topological polar surface area (TPSA) is 102 Å². The number of hydrogen-bond donors (Lipinski definition) is 1. The average molecular weight is 549 g/mol. The molecule has 1 aliphatic carbocycles. The Bertz CT molecular complexity index is 1530. The van der Waals surface area contributed by atoms with Gasteiger partial charge in [-0.1, -0.05) is 22.9 Å². The molecule has 38 heavy (non-hydrogen) atoms. The van der Waals surface area contributed by atoms with Crippen LogP contribution in [0.25, 0.3) is 27.5 Å². The smallest absolute Gasteiger partial charge is 0.253 e. The summed E-state index contributed by atoms with van der Waals surface area (Å²) in [5, 5.41) is 8.80. The molecule has 3 aromatic heterocycles. The Balaban J connectivity index is 1.45. The molecule has 0 spiro atoms. The standard InChI is InChI=1S/C27H25ClN6O3S/c1-16(35)30-27-31-21-7-6-19-23(18-4-2-9-29-15-18)32-34(24(19)25(21)38-27)22-8-5-17(14-20(22)28)26(36)33-10-3-12-37-13-11-33/h2,4-5,8-9,14-15H,3,6-7,10-13H2,1H3,(H,30,31,35). The zero-order valence-corrected chi connectivity index (χ0v) is 22.3. The van der Waals surface area contributed by atoms with Crippen molar-refractivity contribution in [3.8, 4) is 27.5 Å². The zero-order chi connectivity index (χ0) is 26.2. The number of nitrogens with zero attached hydrogens (tertiary/aromatic N) is 5. The Morgan fingerprint density at radius 3 is 2.84 bits per heavy atom. The number of carbonyl (C=O) groups excluding carboxylic acids is 2. The lowest BCUT2D eigenvalue weighted by molar-refractivity contribution is -0.114. The van der Waals surface area contributed by atoms with E-state index in [1.54, 1.807) is 24.5 Å². The number of anilines is 1. The summed E-state index contributed by atoms with van der Waals surface area (Å²) in [7, 11) is 0. The summed E-state index contributed by atoms with van der Waals surface area (Å²) in [5.74, 6) is -0.229. The van der Waals surface area contributed by atoms with E-state index in [0.717, 1.165) is 52.3 Å². The van der Waals surface area contributed by atoms with Gasteiger partial charge in [0, 0.05) is 55.7 Å². The number of nitrogens with one attached hydrogen (secondary N) is 1. The van der Waals surface area contributed by atoms with Crippen LogP contribution < -0.4 is 5.32 Å². The highest BCUT2D eigenvalue weighted by molar-refractivity contribution is 7.19. The van der Waals surface area contributed by atoms with Crippen LogP contribution in [-0.2, 0) is 22.4 Å². The van der Waals surface area contributed by atoms with Crippen LogP contribution in [0.3, 0.4) is 0 Å². The molecule has 0 radical (unpaired) electrons. The van der Waals surface area contributed by atoms with Gasteiger partial charge in [0.2, 0.25) is 5.91 Å². The first kappa shape index (κ1) is 24.7. The molecule has 1 saturated heterocycles.